The topological polar surface area (TPSA) is 29.1 Å². The Morgan fingerprint density at radius 2 is 1.59 bits per heavy atom. The van der Waals surface area contributed by atoms with Crippen LogP contribution in [0.2, 0.25) is 0 Å². The largest absolute Gasteiger partial charge is 0.345 e. The molecule has 1 N–H and O–H groups in total. The van der Waals surface area contributed by atoms with Crippen molar-refractivity contribution in [3.05, 3.63) is 107 Å². The van der Waals surface area contributed by atoms with Crippen LogP contribution in [0.3, 0.4) is 0 Å². The molecule has 0 heterocycles. The summed E-state index contributed by atoms with van der Waals surface area (Å²) < 4.78 is 26.7. The number of carbonyl (C=O) groups excluding carboxylic acids is 1. The number of amides is 1. The molecule has 27 heavy (non-hydrogen) atoms. The number of hydrogen-bond acceptors (Lipinski definition) is 1. The molecule has 0 saturated carbocycles. The third kappa shape index (κ3) is 3.61. The lowest BCUT2D eigenvalue weighted by Crippen LogP contribution is -2.27. The molecular formula is C23H19F2NO. The van der Waals surface area contributed by atoms with Gasteiger partial charge in [0.15, 0.2) is 11.6 Å². The molecule has 0 aromatic heterocycles. The fourth-order valence-electron chi connectivity index (χ4n) is 3.85. The average Bonchev–Trinajstić information content (AvgIpc) is 3.03. The van der Waals surface area contributed by atoms with Crippen LogP contribution in [-0.4, -0.2) is 5.91 Å². The second-order valence-corrected chi connectivity index (χ2v) is 6.91. The van der Waals surface area contributed by atoms with Crippen LogP contribution in [0.1, 0.15) is 45.4 Å². The van der Waals surface area contributed by atoms with Gasteiger partial charge in [-0.15, -0.1) is 0 Å². The van der Waals surface area contributed by atoms with Gasteiger partial charge in [0.05, 0.1) is 6.04 Å². The molecule has 2 nitrogen and oxygen atoms in total. The highest BCUT2D eigenvalue weighted by molar-refractivity contribution is 5.94. The SMILES string of the molecule is O=C(N[C@@H]1C[C@@H](Cc2ccc(F)c(F)c2)c2ccccc21)c1ccccc1. The van der Waals surface area contributed by atoms with Crippen molar-refractivity contribution < 1.29 is 13.6 Å². The minimum Gasteiger partial charge on any atom is -0.345 e. The van der Waals surface area contributed by atoms with E-state index in [0.29, 0.717) is 12.0 Å². The maximum absolute atomic E-state index is 13.6. The first-order chi connectivity index (χ1) is 13.1. The van der Waals surface area contributed by atoms with Crippen LogP contribution in [0.15, 0.2) is 72.8 Å². The summed E-state index contributed by atoms with van der Waals surface area (Å²) in [5, 5.41) is 3.11. The fourth-order valence-corrected chi connectivity index (χ4v) is 3.85. The summed E-state index contributed by atoms with van der Waals surface area (Å²) in [6, 6.07) is 21.1. The molecule has 1 aliphatic rings. The van der Waals surface area contributed by atoms with Crippen molar-refractivity contribution in [3.8, 4) is 0 Å². The zero-order valence-electron chi connectivity index (χ0n) is 14.7. The minimum atomic E-state index is -0.835. The van der Waals surface area contributed by atoms with E-state index in [0.717, 1.165) is 23.1 Å². The van der Waals surface area contributed by atoms with E-state index >= 15 is 0 Å². The van der Waals surface area contributed by atoms with E-state index in [1.54, 1.807) is 18.2 Å². The number of carbonyl (C=O) groups is 1. The monoisotopic (exact) mass is 363 g/mol. The molecule has 4 rings (SSSR count). The molecular weight excluding hydrogens is 344 g/mol. The molecule has 3 aromatic rings. The van der Waals surface area contributed by atoms with Gasteiger partial charge >= 0.3 is 0 Å². The van der Waals surface area contributed by atoms with E-state index in [9.17, 15) is 13.6 Å². The Morgan fingerprint density at radius 3 is 2.33 bits per heavy atom. The first kappa shape index (κ1) is 17.4. The molecule has 0 spiro atoms. The van der Waals surface area contributed by atoms with Crippen LogP contribution in [0.5, 0.6) is 0 Å². The first-order valence-electron chi connectivity index (χ1n) is 9.00. The van der Waals surface area contributed by atoms with Gasteiger partial charge in [-0.05, 0) is 59.7 Å². The summed E-state index contributed by atoms with van der Waals surface area (Å²) >= 11 is 0. The smallest absolute Gasteiger partial charge is 0.251 e. The zero-order chi connectivity index (χ0) is 18.8. The second kappa shape index (κ2) is 7.31. The summed E-state index contributed by atoms with van der Waals surface area (Å²) in [7, 11) is 0. The Hall–Kier alpha value is -3.01. The van der Waals surface area contributed by atoms with Gasteiger partial charge in [-0.1, -0.05) is 48.5 Å². The highest BCUT2D eigenvalue weighted by atomic mass is 19.2. The van der Waals surface area contributed by atoms with Crippen LogP contribution in [0.4, 0.5) is 8.78 Å². The lowest BCUT2D eigenvalue weighted by molar-refractivity contribution is 0.0936. The Labute approximate surface area is 156 Å². The van der Waals surface area contributed by atoms with Gasteiger partial charge in [-0.25, -0.2) is 8.78 Å². The second-order valence-electron chi connectivity index (χ2n) is 6.91. The zero-order valence-corrected chi connectivity index (χ0v) is 14.7. The molecule has 0 bridgehead atoms. The molecule has 0 radical (unpaired) electrons. The molecule has 4 heteroatoms. The van der Waals surface area contributed by atoms with Gasteiger partial charge in [0.1, 0.15) is 0 Å². The van der Waals surface area contributed by atoms with E-state index < -0.39 is 11.6 Å². The Bertz CT molecular complexity index is 971. The molecule has 0 saturated heterocycles. The Morgan fingerprint density at radius 1 is 0.889 bits per heavy atom. The molecule has 0 fully saturated rings. The van der Waals surface area contributed by atoms with Crippen LogP contribution in [0.25, 0.3) is 0 Å². The van der Waals surface area contributed by atoms with Crippen molar-refractivity contribution in [2.45, 2.75) is 24.8 Å². The van der Waals surface area contributed by atoms with Gasteiger partial charge in [0, 0.05) is 5.56 Å². The fraction of sp³-hybridized carbons (Fsp3) is 0.174. The number of halogens is 2. The third-order valence-electron chi connectivity index (χ3n) is 5.14. The predicted molar refractivity (Wildman–Crippen MR) is 101 cm³/mol. The van der Waals surface area contributed by atoms with Crippen molar-refractivity contribution in [1.82, 2.24) is 5.32 Å². The quantitative estimate of drug-likeness (QED) is 0.681. The molecule has 2 atom stereocenters. The van der Waals surface area contributed by atoms with Crippen molar-refractivity contribution in [1.29, 1.82) is 0 Å². The molecule has 3 aromatic carbocycles. The van der Waals surface area contributed by atoms with Gasteiger partial charge in [-0.2, -0.15) is 0 Å². The van der Waals surface area contributed by atoms with Crippen LogP contribution in [-0.2, 0) is 6.42 Å². The Kier molecular flexibility index (Phi) is 4.71. The van der Waals surface area contributed by atoms with Crippen LogP contribution < -0.4 is 5.32 Å². The van der Waals surface area contributed by atoms with E-state index in [1.807, 2.05) is 36.4 Å². The van der Waals surface area contributed by atoms with Crippen molar-refractivity contribution in [3.63, 3.8) is 0 Å². The molecule has 1 amide bonds. The molecule has 0 aliphatic heterocycles. The van der Waals surface area contributed by atoms with E-state index in [1.165, 1.54) is 12.1 Å². The number of fused-ring (bicyclic) bond motifs is 1. The third-order valence-corrected chi connectivity index (χ3v) is 5.14. The van der Waals surface area contributed by atoms with Crippen LogP contribution >= 0.6 is 0 Å². The lowest BCUT2D eigenvalue weighted by atomic mass is 9.93. The molecule has 136 valence electrons. The summed E-state index contributed by atoms with van der Waals surface area (Å²) in [5.74, 6) is -1.62. The number of hydrogen-bond donors (Lipinski definition) is 1. The number of nitrogens with one attached hydrogen (secondary N) is 1. The van der Waals surface area contributed by atoms with E-state index in [2.05, 4.69) is 11.4 Å². The highest BCUT2D eigenvalue weighted by Gasteiger charge is 2.31. The van der Waals surface area contributed by atoms with E-state index in [-0.39, 0.29) is 17.9 Å². The van der Waals surface area contributed by atoms with Crippen molar-refractivity contribution in [2.75, 3.05) is 0 Å². The first-order valence-corrected chi connectivity index (χ1v) is 9.00. The standard InChI is InChI=1S/C23H19F2NO/c24-20-11-10-15(13-21(20)25)12-17-14-22(19-9-5-4-8-18(17)19)26-23(27)16-6-2-1-3-7-16/h1-11,13,17,22H,12,14H2,(H,26,27)/t17-,22-/m1/s1. The van der Waals surface area contributed by atoms with Crippen molar-refractivity contribution in [2.24, 2.45) is 0 Å². The number of benzene rings is 3. The normalized spacial score (nSPS) is 18.1. The summed E-state index contributed by atoms with van der Waals surface area (Å²) in [4.78, 5) is 12.6. The lowest BCUT2D eigenvalue weighted by Gasteiger charge is -2.15. The van der Waals surface area contributed by atoms with Gasteiger partial charge in [-0.3, -0.25) is 4.79 Å². The summed E-state index contributed by atoms with van der Waals surface area (Å²) in [6.07, 6.45) is 1.34. The Balaban J connectivity index is 1.55. The van der Waals surface area contributed by atoms with Crippen molar-refractivity contribution >= 4 is 5.91 Å². The predicted octanol–water partition coefficient (Wildman–Crippen LogP) is 5.17. The highest BCUT2D eigenvalue weighted by Crippen LogP contribution is 2.42. The van der Waals surface area contributed by atoms with Crippen LogP contribution in [0, 0.1) is 11.6 Å². The summed E-state index contributed by atoms with van der Waals surface area (Å²) in [6.45, 7) is 0. The van der Waals surface area contributed by atoms with Gasteiger partial charge in [0.2, 0.25) is 0 Å². The van der Waals surface area contributed by atoms with E-state index in [4.69, 9.17) is 0 Å². The maximum atomic E-state index is 13.6. The average molecular weight is 363 g/mol. The maximum Gasteiger partial charge on any atom is 0.251 e. The number of rotatable bonds is 4. The van der Waals surface area contributed by atoms with Gasteiger partial charge < -0.3 is 5.32 Å². The van der Waals surface area contributed by atoms with Gasteiger partial charge in [0.25, 0.3) is 5.91 Å². The molecule has 0 unspecified atom stereocenters. The minimum absolute atomic E-state index is 0.0933. The summed E-state index contributed by atoms with van der Waals surface area (Å²) in [5.41, 5.74) is 3.62. The molecule has 1 aliphatic carbocycles.